The monoisotopic (exact) mass is 493 g/mol. The maximum absolute atomic E-state index is 12.5. The third kappa shape index (κ3) is 5.26. The Labute approximate surface area is 204 Å². The van der Waals surface area contributed by atoms with Gasteiger partial charge in [-0.2, -0.15) is 10.1 Å². The van der Waals surface area contributed by atoms with E-state index in [2.05, 4.69) is 31.0 Å². The average molecular weight is 494 g/mol. The zero-order chi connectivity index (χ0) is 24.2. The number of aliphatic hydroxyl groups is 1. The summed E-state index contributed by atoms with van der Waals surface area (Å²) in [6.45, 7) is -0.0904. The van der Waals surface area contributed by atoms with Crippen LogP contribution in [0.15, 0.2) is 67.1 Å². The van der Waals surface area contributed by atoms with E-state index in [1.807, 2.05) is 6.07 Å². The molecule has 35 heavy (non-hydrogen) atoms. The molecule has 0 radical (unpaired) electrons. The van der Waals surface area contributed by atoms with Gasteiger partial charge in [0.25, 0.3) is 0 Å². The van der Waals surface area contributed by atoms with Crippen LogP contribution >= 0.6 is 11.6 Å². The molecule has 1 aliphatic heterocycles. The summed E-state index contributed by atoms with van der Waals surface area (Å²) < 4.78 is 12.2. The van der Waals surface area contributed by atoms with Crippen LogP contribution in [0.3, 0.4) is 0 Å². The lowest BCUT2D eigenvalue weighted by molar-refractivity contribution is 0.174. The number of halogens is 1. The molecule has 2 amide bonds. The van der Waals surface area contributed by atoms with E-state index in [-0.39, 0.29) is 13.4 Å². The minimum atomic E-state index is -0.615. The van der Waals surface area contributed by atoms with Gasteiger partial charge in [0.1, 0.15) is 0 Å². The third-order valence-corrected chi connectivity index (χ3v) is 5.32. The first kappa shape index (κ1) is 22.4. The molecule has 2 aromatic carbocycles. The Hall–Kier alpha value is -4.35. The molecule has 0 bridgehead atoms. The van der Waals surface area contributed by atoms with E-state index in [0.29, 0.717) is 39.5 Å². The van der Waals surface area contributed by atoms with Crippen molar-refractivity contribution in [2.75, 3.05) is 24.0 Å². The molecule has 4 N–H and O–H groups in total. The number of ether oxygens (including phenoxy) is 2. The van der Waals surface area contributed by atoms with Crippen LogP contribution in [0.2, 0.25) is 5.02 Å². The van der Waals surface area contributed by atoms with Crippen molar-refractivity contribution in [2.45, 2.75) is 6.04 Å². The molecule has 0 fully saturated rings. The second-order valence-electron chi connectivity index (χ2n) is 7.49. The number of carbonyl (C=O) groups excluding carboxylic acids is 1. The van der Waals surface area contributed by atoms with E-state index < -0.39 is 12.1 Å². The Balaban J connectivity index is 1.24. The fraction of sp³-hybridized carbons (Fsp3) is 0.130. The molecule has 2 aromatic heterocycles. The number of benzene rings is 2. The van der Waals surface area contributed by atoms with Gasteiger partial charge < -0.3 is 30.5 Å². The fourth-order valence-electron chi connectivity index (χ4n) is 3.44. The number of amides is 2. The van der Waals surface area contributed by atoms with Gasteiger partial charge in [0, 0.05) is 29.0 Å². The summed E-state index contributed by atoms with van der Waals surface area (Å²) in [5.74, 6) is 2.18. The normalized spacial score (nSPS) is 12.7. The van der Waals surface area contributed by atoms with Gasteiger partial charge in [0.05, 0.1) is 30.7 Å². The number of fused-ring (bicyclic) bond motifs is 1. The quantitative estimate of drug-likeness (QED) is 0.306. The topological polar surface area (TPSA) is 135 Å². The van der Waals surface area contributed by atoms with Crippen LogP contribution in [0.4, 0.5) is 22.1 Å². The zero-order valence-corrected chi connectivity index (χ0v) is 18.9. The van der Waals surface area contributed by atoms with Crippen molar-refractivity contribution >= 4 is 35.0 Å². The third-order valence-electron chi connectivity index (χ3n) is 5.08. The van der Waals surface area contributed by atoms with Gasteiger partial charge in [0.15, 0.2) is 17.3 Å². The van der Waals surface area contributed by atoms with E-state index in [1.165, 1.54) is 10.9 Å². The average Bonchev–Trinajstić information content (AvgIpc) is 3.52. The summed E-state index contributed by atoms with van der Waals surface area (Å²) in [6, 6.07) is 12.9. The van der Waals surface area contributed by atoms with Gasteiger partial charge >= 0.3 is 6.03 Å². The summed E-state index contributed by atoms with van der Waals surface area (Å²) in [7, 11) is 0. The highest BCUT2D eigenvalue weighted by molar-refractivity contribution is 6.30. The number of nitrogens with zero attached hydrogens (tertiary/aromatic N) is 4. The summed E-state index contributed by atoms with van der Waals surface area (Å²) in [6.07, 6.45) is 4.69. The molecule has 0 saturated heterocycles. The van der Waals surface area contributed by atoms with Crippen LogP contribution in [0, 0.1) is 0 Å². The Bertz CT molecular complexity index is 1360. The number of aromatic nitrogens is 4. The molecule has 11 nitrogen and oxygen atoms in total. The highest BCUT2D eigenvalue weighted by Gasteiger charge is 2.16. The fourth-order valence-corrected chi connectivity index (χ4v) is 3.63. The number of aliphatic hydroxyl groups excluding tert-OH is 1. The molecule has 0 unspecified atom stereocenters. The summed E-state index contributed by atoms with van der Waals surface area (Å²) in [5, 5.41) is 23.0. The number of hydrogen-bond acceptors (Lipinski definition) is 8. The van der Waals surface area contributed by atoms with E-state index in [1.54, 1.807) is 54.9 Å². The zero-order valence-electron chi connectivity index (χ0n) is 18.2. The van der Waals surface area contributed by atoms with Crippen molar-refractivity contribution < 1.29 is 19.4 Å². The molecule has 4 aromatic rings. The van der Waals surface area contributed by atoms with Crippen LogP contribution < -0.4 is 25.4 Å². The molecule has 178 valence electrons. The summed E-state index contributed by atoms with van der Waals surface area (Å²) in [4.78, 5) is 21.2. The van der Waals surface area contributed by atoms with Crippen LogP contribution in [0.25, 0.3) is 5.82 Å². The van der Waals surface area contributed by atoms with Gasteiger partial charge in [-0.25, -0.2) is 14.5 Å². The van der Waals surface area contributed by atoms with Crippen molar-refractivity contribution in [1.29, 1.82) is 0 Å². The van der Waals surface area contributed by atoms with Crippen molar-refractivity contribution in [3.8, 4) is 17.3 Å². The first-order chi connectivity index (χ1) is 17.1. The number of rotatable bonds is 7. The largest absolute Gasteiger partial charge is 0.454 e. The minimum Gasteiger partial charge on any atom is -0.454 e. The minimum absolute atomic E-state index is 0.194. The van der Waals surface area contributed by atoms with Crippen LogP contribution in [-0.2, 0) is 0 Å². The second kappa shape index (κ2) is 9.87. The van der Waals surface area contributed by atoms with Crippen LogP contribution in [0.1, 0.15) is 11.6 Å². The van der Waals surface area contributed by atoms with Gasteiger partial charge in [-0.05, 0) is 29.8 Å². The lowest BCUT2D eigenvalue weighted by Gasteiger charge is -2.17. The second-order valence-corrected chi connectivity index (χ2v) is 7.93. The Morgan fingerprint density at radius 1 is 1.14 bits per heavy atom. The lowest BCUT2D eigenvalue weighted by atomic mass is 10.1. The molecule has 5 rings (SSSR count). The van der Waals surface area contributed by atoms with Crippen LogP contribution in [0.5, 0.6) is 11.5 Å². The van der Waals surface area contributed by atoms with Gasteiger partial charge in [-0.3, -0.25) is 0 Å². The first-order valence-electron chi connectivity index (χ1n) is 10.6. The summed E-state index contributed by atoms with van der Waals surface area (Å²) in [5.41, 5.74) is 1.87. The Morgan fingerprint density at radius 2 is 2.03 bits per heavy atom. The predicted molar refractivity (Wildman–Crippen MR) is 128 cm³/mol. The van der Waals surface area contributed by atoms with E-state index in [9.17, 15) is 9.90 Å². The van der Waals surface area contributed by atoms with Crippen molar-refractivity contribution in [1.82, 2.24) is 25.1 Å². The first-order valence-corrected chi connectivity index (χ1v) is 10.9. The summed E-state index contributed by atoms with van der Waals surface area (Å²) >= 11 is 6.01. The highest BCUT2D eigenvalue weighted by Crippen LogP contribution is 2.34. The Kier molecular flexibility index (Phi) is 6.33. The van der Waals surface area contributed by atoms with Crippen molar-refractivity contribution in [3.05, 3.63) is 77.7 Å². The molecule has 1 atom stereocenters. The molecule has 0 spiro atoms. The number of urea groups is 1. The molecule has 3 heterocycles. The maximum atomic E-state index is 12.5. The molecule has 0 aliphatic carbocycles. The van der Waals surface area contributed by atoms with Gasteiger partial charge in [0.2, 0.25) is 12.7 Å². The number of carbonyl (C=O) groups is 1. The SMILES string of the molecule is O=C(Nc1cnn(-c2ccnc(Nc3ccc4c(c3)OCO4)n2)c1)N[C@H](CO)c1cccc(Cl)c1. The van der Waals surface area contributed by atoms with Gasteiger partial charge in [-0.15, -0.1) is 0 Å². The smallest absolute Gasteiger partial charge is 0.319 e. The predicted octanol–water partition coefficient (Wildman–Crippen LogP) is 3.64. The van der Waals surface area contributed by atoms with Crippen LogP contribution in [-0.4, -0.2) is 44.3 Å². The lowest BCUT2D eigenvalue weighted by Crippen LogP contribution is -2.34. The number of nitrogens with one attached hydrogen (secondary N) is 3. The van der Waals surface area contributed by atoms with Gasteiger partial charge in [-0.1, -0.05) is 23.7 Å². The molecular weight excluding hydrogens is 474 g/mol. The van der Waals surface area contributed by atoms with Crippen molar-refractivity contribution in [2.24, 2.45) is 0 Å². The molecule has 1 aliphatic rings. The standard InChI is InChI=1S/C23H20ClN7O4/c24-15-3-1-2-14(8-15)18(12-32)29-23(33)28-17-10-26-31(11-17)21-6-7-25-22(30-21)27-16-4-5-19-20(9-16)35-13-34-19/h1-11,18,32H,12-13H2,(H,25,27,30)(H2,28,29,33)/t18-/m1/s1. The number of anilines is 3. The maximum Gasteiger partial charge on any atom is 0.319 e. The Morgan fingerprint density at radius 3 is 2.89 bits per heavy atom. The van der Waals surface area contributed by atoms with E-state index in [0.717, 1.165) is 5.69 Å². The van der Waals surface area contributed by atoms with Crippen molar-refractivity contribution in [3.63, 3.8) is 0 Å². The molecular formula is C23H20ClN7O4. The molecule has 12 heteroatoms. The molecule has 0 saturated carbocycles. The van der Waals surface area contributed by atoms with E-state index >= 15 is 0 Å². The number of hydrogen-bond donors (Lipinski definition) is 4. The van der Waals surface area contributed by atoms with E-state index in [4.69, 9.17) is 21.1 Å². The highest BCUT2D eigenvalue weighted by atomic mass is 35.5.